The van der Waals surface area contributed by atoms with E-state index >= 15 is 0 Å². The Labute approximate surface area is 186 Å². The van der Waals surface area contributed by atoms with Crippen LogP contribution < -0.4 is 4.90 Å². The predicted octanol–water partition coefficient (Wildman–Crippen LogP) is 3.72. The summed E-state index contributed by atoms with van der Waals surface area (Å²) in [6.45, 7) is 6.75. The highest BCUT2D eigenvalue weighted by Crippen LogP contribution is 2.29. The molecule has 5 rings (SSSR count). The van der Waals surface area contributed by atoms with E-state index in [0.717, 1.165) is 24.0 Å². The normalized spacial score (nSPS) is 18.9. The monoisotopic (exact) mass is 430 g/mol. The SMILES string of the molecule is CC1CC(C)CN(c2ccc3cnn(-c4cncc(-n5ccc(CC(=O)O)c5)n4)c3c2)C1. The highest BCUT2D eigenvalue weighted by molar-refractivity contribution is 5.83. The molecule has 1 aliphatic heterocycles. The van der Waals surface area contributed by atoms with Crippen LogP contribution in [0.15, 0.2) is 55.2 Å². The molecule has 1 saturated heterocycles. The van der Waals surface area contributed by atoms with Crippen molar-refractivity contribution in [3.05, 3.63) is 60.8 Å². The van der Waals surface area contributed by atoms with Crippen LogP contribution in [0, 0.1) is 11.8 Å². The number of aromatic nitrogens is 5. The van der Waals surface area contributed by atoms with Gasteiger partial charge in [-0.1, -0.05) is 13.8 Å². The second kappa shape index (κ2) is 8.11. The second-order valence-corrected chi connectivity index (χ2v) is 8.88. The van der Waals surface area contributed by atoms with Gasteiger partial charge in [0.2, 0.25) is 0 Å². The Morgan fingerprint density at radius 1 is 1.09 bits per heavy atom. The predicted molar refractivity (Wildman–Crippen MR) is 122 cm³/mol. The van der Waals surface area contributed by atoms with Crippen LogP contribution in [-0.2, 0) is 11.2 Å². The number of carboxylic acids is 1. The maximum absolute atomic E-state index is 11.0. The lowest BCUT2D eigenvalue weighted by atomic mass is 9.91. The number of benzene rings is 1. The van der Waals surface area contributed by atoms with Crippen LogP contribution >= 0.6 is 0 Å². The summed E-state index contributed by atoms with van der Waals surface area (Å²) in [6.07, 6.45) is 9.99. The number of aliphatic carboxylic acids is 1. The quantitative estimate of drug-likeness (QED) is 0.519. The molecule has 1 aromatic carbocycles. The molecule has 2 atom stereocenters. The van der Waals surface area contributed by atoms with Gasteiger partial charge in [-0.2, -0.15) is 5.10 Å². The van der Waals surface area contributed by atoms with Crippen molar-refractivity contribution in [1.82, 2.24) is 24.3 Å². The molecule has 0 amide bonds. The number of anilines is 1. The summed E-state index contributed by atoms with van der Waals surface area (Å²) in [7, 11) is 0. The molecule has 8 nitrogen and oxygen atoms in total. The Morgan fingerprint density at radius 2 is 1.88 bits per heavy atom. The number of hydrogen-bond acceptors (Lipinski definition) is 5. The number of fused-ring (bicyclic) bond motifs is 1. The van der Waals surface area contributed by atoms with E-state index in [0.29, 0.717) is 29.0 Å². The van der Waals surface area contributed by atoms with Crippen LogP contribution in [0.3, 0.4) is 0 Å². The summed E-state index contributed by atoms with van der Waals surface area (Å²) in [5, 5.41) is 14.6. The van der Waals surface area contributed by atoms with Crippen LogP contribution in [0.25, 0.3) is 22.5 Å². The number of carbonyl (C=O) groups is 1. The summed E-state index contributed by atoms with van der Waals surface area (Å²) < 4.78 is 3.59. The Balaban J connectivity index is 1.49. The summed E-state index contributed by atoms with van der Waals surface area (Å²) in [4.78, 5) is 22.5. The molecule has 8 heteroatoms. The minimum atomic E-state index is -0.862. The lowest BCUT2D eigenvalue weighted by molar-refractivity contribution is -0.136. The third-order valence-electron chi connectivity index (χ3n) is 5.99. The summed E-state index contributed by atoms with van der Waals surface area (Å²) in [6, 6.07) is 8.24. The minimum Gasteiger partial charge on any atom is -0.481 e. The first-order valence-corrected chi connectivity index (χ1v) is 10.9. The molecular formula is C24H26N6O2. The Bertz CT molecular complexity index is 1270. The number of hydrogen-bond donors (Lipinski definition) is 1. The first-order chi connectivity index (χ1) is 15.5. The smallest absolute Gasteiger partial charge is 0.307 e. The minimum absolute atomic E-state index is 0.0274. The third-order valence-corrected chi connectivity index (χ3v) is 5.99. The van der Waals surface area contributed by atoms with E-state index in [-0.39, 0.29) is 6.42 Å². The van der Waals surface area contributed by atoms with Gasteiger partial charge in [-0.05, 0) is 48.1 Å². The molecule has 1 aliphatic rings. The molecule has 164 valence electrons. The molecule has 1 fully saturated rings. The molecule has 32 heavy (non-hydrogen) atoms. The van der Waals surface area contributed by atoms with E-state index in [1.54, 1.807) is 35.4 Å². The van der Waals surface area contributed by atoms with Crippen LogP contribution in [-0.4, -0.2) is 48.5 Å². The van der Waals surface area contributed by atoms with E-state index in [1.165, 1.54) is 12.1 Å². The molecule has 0 aliphatic carbocycles. The fraction of sp³-hybridized carbons (Fsp3) is 0.333. The number of carboxylic acid groups (broad SMARTS) is 1. The molecule has 1 N–H and O–H groups in total. The largest absolute Gasteiger partial charge is 0.481 e. The van der Waals surface area contributed by atoms with Crippen LogP contribution in [0.4, 0.5) is 5.69 Å². The van der Waals surface area contributed by atoms with Gasteiger partial charge >= 0.3 is 5.97 Å². The van der Waals surface area contributed by atoms with E-state index in [4.69, 9.17) is 10.1 Å². The maximum atomic E-state index is 11.0. The molecular weight excluding hydrogens is 404 g/mol. The maximum Gasteiger partial charge on any atom is 0.307 e. The first-order valence-electron chi connectivity index (χ1n) is 10.9. The first kappa shape index (κ1) is 20.2. The lowest BCUT2D eigenvalue weighted by Gasteiger charge is -2.36. The van der Waals surface area contributed by atoms with E-state index in [9.17, 15) is 4.79 Å². The van der Waals surface area contributed by atoms with Gasteiger partial charge in [0.25, 0.3) is 0 Å². The van der Waals surface area contributed by atoms with Gasteiger partial charge in [0.1, 0.15) is 0 Å². The van der Waals surface area contributed by atoms with Crippen molar-refractivity contribution in [2.75, 3.05) is 18.0 Å². The van der Waals surface area contributed by atoms with Gasteiger partial charge in [0.05, 0.1) is 30.5 Å². The average molecular weight is 431 g/mol. The van der Waals surface area contributed by atoms with Gasteiger partial charge in [0.15, 0.2) is 11.6 Å². The zero-order valence-corrected chi connectivity index (χ0v) is 18.2. The van der Waals surface area contributed by atoms with Gasteiger partial charge in [0, 0.05) is 36.6 Å². The van der Waals surface area contributed by atoms with Crippen LogP contribution in [0.1, 0.15) is 25.8 Å². The zero-order valence-electron chi connectivity index (χ0n) is 18.2. The molecule has 0 spiro atoms. The fourth-order valence-corrected chi connectivity index (χ4v) is 4.69. The summed E-state index contributed by atoms with van der Waals surface area (Å²) in [5.74, 6) is 1.71. The number of piperidine rings is 1. The van der Waals surface area contributed by atoms with Crippen molar-refractivity contribution in [3.63, 3.8) is 0 Å². The number of rotatable bonds is 5. The van der Waals surface area contributed by atoms with Crippen molar-refractivity contribution in [2.45, 2.75) is 26.7 Å². The van der Waals surface area contributed by atoms with Gasteiger partial charge in [-0.25, -0.2) is 9.67 Å². The molecule has 4 heterocycles. The van der Waals surface area contributed by atoms with Crippen molar-refractivity contribution >= 4 is 22.6 Å². The van der Waals surface area contributed by atoms with Gasteiger partial charge in [-0.15, -0.1) is 0 Å². The van der Waals surface area contributed by atoms with Crippen LogP contribution in [0.2, 0.25) is 0 Å². The molecule has 0 saturated carbocycles. The van der Waals surface area contributed by atoms with E-state index in [2.05, 4.69) is 47.0 Å². The summed E-state index contributed by atoms with van der Waals surface area (Å²) in [5.41, 5.74) is 2.90. The summed E-state index contributed by atoms with van der Waals surface area (Å²) >= 11 is 0. The van der Waals surface area contributed by atoms with E-state index in [1.807, 2.05) is 10.9 Å². The van der Waals surface area contributed by atoms with Gasteiger partial charge in [-0.3, -0.25) is 9.78 Å². The fourth-order valence-electron chi connectivity index (χ4n) is 4.69. The Morgan fingerprint density at radius 3 is 2.66 bits per heavy atom. The molecule has 0 radical (unpaired) electrons. The highest BCUT2D eigenvalue weighted by atomic mass is 16.4. The van der Waals surface area contributed by atoms with Gasteiger partial charge < -0.3 is 14.6 Å². The van der Waals surface area contributed by atoms with E-state index < -0.39 is 5.97 Å². The van der Waals surface area contributed by atoms with Crippen molar-refractivity contribution in [3.8, 4) is 11.6 Å². The molecule has 3 aromatic heterocycles. The standard InChI is InChI=1S/C24H26N6O2/c1-16-7-17(2)14-29(13-16)20-4-3-19-10-26-30(21(19)9-20)23-12-25-11-22(27-23)28-6-5-18(15-28)8-24(31)32/h3-6,9-12,15-17H,7-8,13-14H2,1-2H3,(H,31,32). The van der Waals surface area contributed by atoms with Crippen molar-refractivity contribution in [1.29, 1.82) is 0 Å². The average Bonchev–Trinajstić information content (AvgIpc) is 3.39. The third kappa shape index (κ3) is 3.95. The van der Waals surface area contributed by atoms with Crippen LogP contribution in [0.5, 0.6) is 0 Å². The molecule has 4 aromatic rings. The van der Waals surface area contributed by atoms with Crippen molar-refractivity contribution in [2.24, 2.45) is 11.8 Å². The Kier molecular flexibility index (Phi) is 5.13. The highest BCUT2D eigenvalue weighted by Gasteiger charge is 2.22. The lowest BCUT2D eigenvalue weighted by Crippen LogP contribution is -2.38. The Hall–Kier alpha value is -3.68. The number of nitrogens with zero attached hydrogens (tertiary/aromatic N) is 6. The molecule has 0 bridgehead atoms. The topological polar surface area (TPSA) is 89.1 Å². The second-order valence-electron chi connectivity index (χ2n) is 8.88. The zero-order chi connectivity index (χ0) is 22.2. The van der Waals surface area contributed by atoms with Crippen molar-refractivity contribution < 1.29 is 9.90 Å². The molecule has 2 unspecified atom stereocenters.